The van der Waals surface area contributed by atoms with Gasteiger partial charge in [0, 0.05) is 6.07 Å². The molecule has 3 nitrogen and oxygen atoms in total. The van der Waals surface area contributed by atoms with Gasteiger partial charge in [-0.05, 0) is 30.3 Å². The van der Waals surface area contributed by atoms with E-state index in [2.05, 4.69) is 6.07 Å². The molecule has 0 saturated heterocycles. The van der Waals surface area contributed by atoms with Crippen molar-refractivity contribution in [2.75, 3.05) is 4.31 Å². The molecule has 3 aromatic carbocycles. The van der Waals surface area contributed by atoms with Gasteiger partial charge in [-0.15, -0.1) is 0 Å². The molecule has 0 aliphatic carbocycles. The van der Waals surface area contributed by atoms with Gasteiger partial charge in [-0.2, -0.15) is 0 Å². The van der Waals surface area contributed by atoms with Crippen molar-refractivity contribution >= 4 is 21.4 Å². The second-order valence-corrected chi connectivity index (χ2v) is 6.45. The molecule has 0 bridgehead atoms. The summed E-state index contributed by atoms with van der Waals surface area (Å²) in [5, 5.41) is 0. The quantitative estimate of drug-likeness (QED) is 0.730. The largest absolute Gasteiger partial charge is 0.268 e. The summed E-state index contributed by atoms with van der Waals surface area (Å²) < 4.78 is 27.4. The van der Waals surface area contributed by atoms with Crippen molar-refractivity contribution in [2.45, 2.75) is 4.90 Å². The van der Waals surface area contributed by atoms with Gasteiger partial charge >= 0.3 is 0 Å². The van der Waals surface area contributed by atoms with Crippen LogP contribution in [0.3, 0.4) is 0 Å². The molecule has 3 rings (SSSR count). The standard InChI is InChI=1S/C18H14NO2S/c20-22(21,18-14-8-3-9-15-18)19(16-10-4-1-5-11-16)17-12-6-2-7-13-17/h1-12,14-15H. The third-order valence-corrected chi connectivity index (χ3v) is 4.94. The highest BCUT2D eigenvalue weighted by Gasteiger charge is 2.26. The van der Waals surface area contributed by atoms with E-state index >= 15 is 0 Å². The second-order valence-electron chi connectivity index (χ2n) is 4.67. The van der Waals surface area contributed by atoms with E-state index in [4.69, 9.17) is 0 Å². The Morgan fingerprint density at radius 1 is 0.727 bits per heavy atom. The molecule has 109 valence electrons. The second kappa shape index (κ2) is 6.03. The SMILES string of the molecule is O=S(=O)(c1ccccc1)N(c1[c]cccc1)c1ccccc1. The van der Waals surface area contributed by atoms with E-state index in [9.17, 15) is 8.42 Å². The molecule has 0 aliphatic rings. The molecule has 3 aromatic rings. The van der Waals surface area contributed by atoms with Crippen LogP contribution < -0.4 is 4.31 Å². The number of nitrogens with zero attached hydrogens (tertiary/aromatic N) is 1. The lowest BCUT2D eigenvalue weighted by Gasteiger charge is -2.24. The van der Waals surface area contributed by atoms with Crippen molar-refractivity contribution in [3.05, 3.63) is 91.0 Å². The van der Waals surface area contributed by atoms with Gasteiger partial charge in [0.25, 0.3) is 10.0 Å². The normalized spacial score (nSPS) is 11.1. The van der Waals surface area contributed by atoms with E-state index in [1.165, 1.54) is 4.31 Å². The number of para-hydroxylation sites is 2. The maximum absolute atomic E-state index is 13.0. The lowest BCUT2D eigenvalue weighted by Crippen LogP contribution is -2.26. The van der Waals surface area contributed by atoms with Gasteiger partial charge in [-0.3, -0.25) is 0 Å². The van der Waals surface area contributed by atoms with Crippen molar-refractivity contribution in [1.29, 1.82) is 0 Å². The van der Waals surface area contributed by atoms with E-state index in [0.29, 0.717) is 11.4 Å². The van der Waals surface area contributed by atoms with Gasteiger partial charge in [-0.25, -0.2) is 12.7 Å². The molecule has 0 saturated carbocycles. The van der Waals surface area contributed by atoms with Crippen LogP contribution in [0.1, 0.15) is 0 Å². The molecule has 1 radical (unpaired) electrons. The lowest BCUT2D eigenvalue weighted by molar-refractivity contribution is 0.596. The smallest absolute Gasteiger partial charge is 0.234 e. The molecule has 0 aromatic heterocycles. The molecule has 4 heteroatoms. The first kappa shape index (κ1) is 14.4. The van der Waals surface area contributed by atoms with Crippen molar-refractivity contribution in [3.8, 4) is 0 Å². The van der Waals surface area contributed by atoms with Gasteiger partial charge in [0.05, 0.1) is 16.3 Å². The Labute approximate surface area is 130 Å². The predicted molar refractivity (Wildman–Crippen MR) is 87.5 cm³/mol. The summed E-state index contributed by atoms with van der Waals surface area (Å²) in [7, 11) is -3.71. The minimum Gasteiger partial charge on any atom is -0.234 e. The van der Waals surface area contributed by atoms with Crippen LogP contribution in [-0.4, -0.2) is 8.42 Å². The fourth-order valence-electron chi connectivity index (χ4n) is 2.18. The van der Waals surface area contributed by atoms with Crippen LogP contribution in [0.4, 0.5) is 11.4 Å². The van der Waals surface area contributed by atoms with Crippen molar-refractivity contribution in [2.24, 2.45) is 0 Å². The fourth-order valence-corrected chi connectivity index (χ4v) is 3.66. The maximum Gasteiger partial charge on any atom is 0.268 e. The number of hydrogen-bond donors (Lipinski definition) is 0. The summed E-state index contributed by atoms with van der Waals surface area (Å²) >= 11 is 0. The van der Waals surface area contributed by atoms with E-state index in [1.54, 1.807) is 60.7 Å². The van der Waals surface area contributed by atoms with Crippen LogP contribution in [0.5, 0.6) is 0 Å². The van der Waals surface area contributed by atoms with Gasteiger partial charge < -0.3 is 0 Å². The summed E-state index contributed by atoms with van der Waals surface area (Å²) in [5.74, 6) is 0. The fraction of sp³-hybridized carbons (Fsp3) is 0. The molecular formula is C18H14NO2S. The summed E-state index contributed by atoms with van der Waals surface area (Å²) in [4.78, 5) is 0.246. The number of anilines is 2. The summed E-state index contributed by atoms with van der Waals surface area (Å²) in [6.45, 7) is 0. The highest BCUT2D eigenvalue weighted by molar-refractivity contribution is 7.93. The average Bonchev–Trinajstić information content (AvgIpc) is 2.58. The van der Waals surface area contributed by atoms with Gasteiger partial charge in [0.1, 0.15) is 0 Å². The zero-order valence-electron chi connectivity index (χ0n) is 11.8. The highest BCUT2D eigenvalue weighted by Crippen LogP contribution is 2.31. The van der Waals surface area contributed by atoms with Crippen molar-refractivity contribution in [3.63, 3.8) is 0 Å². The minimum atomic E-state index is -3.71. The Bertz CT molecular complexity index is 793. The maximum atomic E-state index is 13.0. The van der Waals surface area contributed by atoms with Crippen molar-refractivity contribution in [1.82, 2.24) is 0 Å². The van der Waals surface area contributed by atoms with Crippen LogP contribution in [-0.2, 0) is 10.0 Å². The van der Waals surface area contributed by atoms with Gasteiger partial charge in [0.15, 0.2) is 0 Å². The number of hydrogen-bond acceptors (Lipinski definition) is 2. The van der Waals surface area contributed by atoms with Crippen LogP contribution >= 0.6 is 0 Å². The van der Waals surface area contributed by atoms with Gasteiger partial charge in [0.2, 0.25) is 0 Å². The molecule has 0 N–H and O–H groups in total. The van der Waals surface area contributed by atoms with E-state index in [0.717, 1.165) is 0 Å². The Morgan fingerprint density at radius 2 is 1.32 bits per heavy atom. The first-order chi connectivity index (χ1) is 10.7. The molecule has 0 amide bonds. The van der Waals surface area contributed by atoms with E-state index in [-0.39, 0.29) is 4.90 Å². The Hall–Kier alpha value is -2.59. The van der Waals surface area contributed by atoms with Crippen LogP contribution in [0.25, 0.3) is 0 Å². The first-order valence-corrected chi connectivity index (χ1v) is 8.26. The molecular weight excluding hydrogens is 294 g/mol. The summed E-state index contributed by atoms with van der Waals surface area (Å²) in [6, 6.07) is 27.4. The number of rotatable bonds is 4. The molecule has 22 heavy (non-hydrogen) atoms. The topological polar surface area (TPSA) is 37.4 Å². The zero-order chi connectivity index (χ0) is 15.4. The molecule has 0 heterocycles. The molecule has 0 atom stereocenters. The monoisotopic (exact) mass is 308 g/mol. The Balaban J connectivity index is 2.19. The number of sulfonamides is 1. The highest BCUT2D eigenvalue weighted by atomic mass is 32.2. The first-order valence-electron chi connectivity index (χ1n) is 6.82. The summed E-state index contributed by atoms with van der Waals surface area (Å²) in [6.07, 6.45) is 0. The minimum absolute atomic E-state index is 0.246. The van der Waals surface area contributed by atoms with Gasteiger partial charge in [-0.1, -0.05) is 54.6 Å². The van der Waals surface area contributed by atoms with Crippen LogP contribution in [0.15, 0.2) is 89.8 Å². The predicted octanol–water partition coefficient (Wildman–Crippen LogP) is 4.01. The molecule has 0 unspecified atom stereocenters. The summed E-state index contributed by atoms with van der Waals surface area (Å²) in [5.41, 5.74) is 1.06. The average molecular weight is 308 g/mol. The van der Waals surface area contributed by atoms with E-state index < -0.39 is 10.0 Å². The third-order valence-electron chi connectivity index (χ3n) is 3.18. The van der Waals surface area contributed by atoms with Crippen LogP contribution in [0.2, 0.25) is 0 Å². The molecule has 0 fully saturated rings. The molecule has 0 aliphatic heterocycles. The lowest BCUT2D eigenvalue weighted by atomic mass is 10.3. The Kier molecular flexibility index (Phi) is 3.94. The number of benzene rings is 3. The molecule has 0 spiro atoms. The zero-order valence-corrected chi connectivity index (χ0v) is 12.6. The van der Waals surface area contributed by atoms with E-state index in [1.807, 2.05) is 24.3 Å². The van der Waals surface area contributed by atoms with Crippen molar-refractivity contribution < 1.29 is 8.42 Å². The third kappa shape index (κ3) is 2.73. The Morgan fingerprint density at radius 3 is 1.91 bits per heavy atom. The van der Waals surface area contributed by atoms with Crippen LogP contribution in [0, 0.1) is 6.07 Å².